The summed E-state index contributed by atoms with van der Waals surface area (Å²) in [7, 11) is 2.84. The summed E-state index contributed by atoms with van der Waals surface area (Å²) in [6.45, 7) is 2.30. The maximum absolute atomic E-state index is 2.84. The first kappa shape index (κ1) is 27.4. The number of rotatable bonds is 24. The minimum Gasteiger partial charge on any atom is -0.138 e. The predicted octanol–water partition coefficient (Wildman–Crippen LogP) is 10.2. The van der Waals surface area contributed by atoms with E-state index in [9.17, 15) is 0 Å². The summed E-state index contributed by atoms with van der Waals surface area (Å²) < 4.78 is 0. The van der Waals surface area contributed by atoms with E-state index in [4.69, 9.17) is 0 Å². The Hall–Kier alpha value is 0.430. The van der Waals surface area contributed by atoms with Gasteiger partial charge in [0.25, 0.3) is 0 Å². The zero-order chi connectivity index (χ0) is 19.7. The van der Waals surface area contributed by atoms with E-state index in [1.807, 2.05) is 0 Å². The van der Waals surface area contributed by atoms with Crippen molar-refractivity contribution >= 4 is 9.24 Å². The Labute approximate surface area is 176 Å². The number of unbranched alkanes of at least 4 members (excludes halogenated alkanes) is 23. The van der Waals surface area contributed by atoms with Crippen molar-refractivity contribution in [3.63, 3.8) is 0 Å². The third-order valence-corrected chi connectivity index (χ3v) is 6.47. The second-order valence-electron chi connectivity index (χ2n) is 8.92. The predicted molar refractivity (Wildman–Crippen MR) is 131 cm³/mol. The zero-order valence-electron chi connectivity index (χ0n) is 19.3. The molecule has 0 heterocycles. The van der Waals surface area contributed by atoms with E-state index < -0.39 is 0 Å². The quantitative estimate of drug-likeness (QED) is 0.112. The van der Waals surface area contributed by atoms with Gasteiger partial charge in [-0.25, -0.2) is 0 Å². The highest BCUT2D eigenvalue weighted by atomic mass is 31.0. The molecule has 0 aliphatic carbocycles. The van der Waals surface area contributed by atoms with Gasteiger partial charge in [0.2, 0.25) is 0 Å². The van der Waals surface area contributed by atoms with Crippen LogP contribution in [0.4, 0.5) is 0 Å². The molecule has 0 radical (unpaired) electrons. The van der Waals surface area contributed by atoms with Gasteiger partial charge in [-0.15, -0.1) is 9.24 Å². The highest BCUT2D eigenvalue weighted by Gasteiger charge is 1.95. The summed E-state index contributed by atoms with van der Waals surface area (Å²) in [4.78, 5) is 0. The minimum atomic E-state index is 1.29. The average Bonchev–Trinajstić information content (AvgIpc) is 2.68. The van der Waals surface area contributed by atoms with E-state index in [2.05, 4.69) is 16.2 Å². The summed E-state index contributed by atoms with van der Waals surface area (Å²) in [5.74, 6) is 0. The fourth-order valence-electron chi connectivity index (χ4n) is 4.11. The van der Waals surface area contributed by atoms with Crippen LogP contribution in [-0.4, -0.2) is 6.16 Å². The van der Waals surface area contributed by atoms with Crippen LogP contribution in [0.3, 0.4) is 0 Å². The SMILES string of the molecule is CCCCCCCCCCCCCCCCCCCCCCCCCCP. The molecule has 0 saturated heterocycles. The maximum Gasteiger partial charge on any atom is -0.0381 e. The van der Waals surface area contributed by atoms with Crippen molar-refractivity contribution in [3.8, 4) is 0 Å². The van der Waals surface area contributed by atoms with Crippen molar-refractivity contribution in [2.45, 2.75) is 161 Å². The number of hydrogen-bond donors (Lipinski definition) is 0. The third-order valence-electron chi connectivity index (χ3n) is 6.06. The molecule has 27 heavy (non-hydrogen) atoms. The molecule has 0 aliphatic rings. The highest BCUT2D eigenvalue weighted by Crippen LogP contribution is 2.15. The van der Waals surface area contributed by atoms with Gasteiger partial charge in [0.15, 0.2) is 0 Å². The Balaban J connectivity index is 2.95. The molecular weight excluding hydrogens is 343 g/mol. The standard InChI is InChI=1S/C26H55P/c1-2-3-4-5-6-7-8-9-10-11-12-13-14-15-16-17-18-19-20-21-22-23-24-25-26-27/h2-27H2,1H3. The molecule has 0 aliphatic heterocycles. The normalized spacial score (nSPS) is 11.3. The van der Waals surface area contributed by atoms with Gasteiger partial charge in [-0.05, 0) is 12.6 Å². The summed E-state index contributed by atoms with van der Waals surface area (Å²) in [5.41, 5.74) is 0. The van der Waals surface area contributed by atoms with Crippen LogP contribution in [0, 0.1) is 0 Å². The van der Waals surface area contributed by atoms with Gasteiger partial charge < -0.3 is 0 Å². The summed E-state index contributed by atoms with van der Waals surface area (Å²) in [6, 6.07) is 0. The molecule has 164 valence electrons. The summed E-state index contributed by atoms with van der Waals surface area (Å²) >= 11 is 0. The van der Waals surface area contributed by atoms with Crippen LogP contribution >= 0.6 is 9.24 Å². The molecule has 0 rings (SSSR count). The molecule has 0 nitrogen and oxygen atoms in total. The fraction of sp³-hybridized carbons (Fsp3) is 1.00. The van der Waals surface area contributed by atoms with Gasteiger partial charge in [-0.3, -0.25) is 0 Å². The van der Waals surface area contributed by atoms with E-state index >= 15 is 0 Å². The second kappa shape index (κ2) is 26.4. The lowest BCUT2D eigenvalue weighted by molar-refractivity contribution is 0.518. The van der Waals surface area contributed by atoms with Crippen LogP contribution < -0.4 is 0 Å². The summed E-state index contributed by atoms with van der Waals surface area (Å²) in [6.07, 6.45) is 36.7. The van der Waals surface area contributed by atoms with E-state index in [1.165, 1.54) is 160 Å². The molecule has 1 unspecified atom stereocenters. The van der Waals surface area contributed by atoms with Gasteiger partial charge >= 0.3 is 0 Å². The Morgan fingerprint density at radius 3 is 0.667 bits per heavy atom. The molecule has 0 aromatic carbocycles. The molecule has 0 spiro atoms. The topological polar surface area (TPSA) is 0 Å². The van der Waals surface area contributed by atoms with Crippen molar-refractivity contribution < 1.29 is 0 Å². The Morgan fingerprint density at radius 1 is 0.296 bits per heavy atom. The second-order valence-corrected chi connectivity index (χ2v) is 9.50. The van der Waals surface area contributed by atoms with Gasteiger partial charge in [-0.2, -0.15) is 0 Å². The monoisotopic (exact) mass is 398 g/mol. The van der Waals surface area contributed by atoms with Gasteiger partial charge in [0.05, 0.1) is 0 Å². The largest absolute Gasteiger partial charge is 0.138 e. The van der Waals surface area contributed by atoms with Crippen LogP contribution in [0.25, 0.3) is 0 Å². The molecule has 1 atom stereocenters. The molecule has 0 amide bonds. The lowest BCUT2D eigenvalue weighted by atomic mass is 10.0. The first-order chi connectivity index (χ1) is 13.4. The average molecular weight is 399 g/mol. The lowest BCUT2D eigenvalue weighted by Crippen LogP contribution is -1.84. The summed E-state index contributed by atoms with van der Waals surface area (Å²) in [5, 5.41) is 0. The van der Waals surface area contributed by atoms with Crippen LogP contribution in [0.1, 0.15) is 161 Å². The molecule has 0 saturated carbocycles. The lowest BCUT2D eigenvalue weighted by Gasteiger charge is -2.04. The third kappa shape index (κ3) is 26.4. The molecule has 0 aromatic heterocycles. The molecule has 0 bridgehead atoms. The first-order valence-electron chi connectivity index (χ1n) is 13.1. The van der Waals surface area contributed by atoms with Crippen LogP contribution in [0.15, 0.2) is 0 Å². The fourth-order valence-corrected chi connectivity index (χ4v) is 4.40. The van der Waals surface area contributed by atoms with Gasteiger partial charge in [0, 0.05) is 0 Å². The smallest absolute Gasteiger partial charge is 0.0381 e. The zero-order valence-corrected chi connectivity index (χ0v) is 20.4. The molecule has 0 aromatic rings. The molecule has 0 N–H and O–H groups in total. The molecule has 1 heteroatoms. The van der Waals surface area contributed by atoms with Gasteiger partial charge in [-0.1, -0.05) is 155 Å². The van der Waals surface area contributed by atoms with Crippen molar-refractivity contribution in [1.82, 2.24) is 0 Å². The van der Waals surface area contributed by atoms with Crippen molar-refractivity contribution in [2.24, 2.45) is 0 Å². The molecule has 0 fully saturated rings. The Kier molecular flexibility index (Phi) is 26.9. The first-order valence-corrected chi connectivity index (χ1v) is 13.9. The van der Waals surface area contributed by atoms with E-state index in [-0.39, 0.29) is 0 Å². The Morgan fingerprint density at radius 2 is 0.481 bits per heavy atom. The molecular formula is C26H55P. The van der Waals surface area contributed by atoms with Crippen molar-refractivity contribution in [1.29, 1.82) is 0 Å². The van der Waals surface area contributed by atoms with Crippen molar-refractivity contribution in [3.05, 3.63) is 0 Å². The van der Waals surface area contributed by atoms with Crippen LogP contribution in [-0.2, 0) is 0 Å². The maximum atomic E-state index is 2.84. The van der Waals surface area contributed by atoms with Crippen LogP contribution in [0.5, 0.6) is 0 Å². The highest BCUT2D eigenvalue weighted by molar-refractivity contribution is 7.16. The minimum absolute atomic E-state index is 1.29. The van der Waals surface area contributed by atoms with E-state index in [0.29, 0.717) is 0 Å². The van der Waals surface area contributed by atoms with Crippen LogP contribution in [0.2, 0.25) is 0 Å². The number of hydrogen-bond acceptors (Lipinski definition) is 0. The van der Waals surface area contributed by atoms with Gasteiger partial charge in [0.1, 0.15) is 0 Å². The Bertz CT molecular complexity index is 214. The van der Waals surface area contributed by atoms with E-state index in [1.54, 1.807) is 0 Å². The van der Waals surface area contributed by atoms with Crippen molar-refractivity contribution in [2.75, 3.05) is 6.16 Å². The van der Waals surface area contributed by atoms with E-state index in [0.717, 1.165) is 0 Å².